The van der Waals surface area contributed by atoms with E-state index < -0.39 is 0 Å². The molecule has 2 rings (SSSR count). The van der Waals surface area contributed by atoms with E-state index in [2.05, 4.69) is 40.8 Å². The number of aromatic nitrogens is 2. The topological polar surface area (TPSA) is 45.4 Å². The van der Waals surface area contributed by atoms with Gasteiger partial charge in [0.1, 0.15) is 0 Å². The van der Waals surface area contributed by atoms with Crippen molar-refractivity contribution in [3.05, 3.63) is 5.89 Å². The summed E-state index contributed by atoms with van der Waals surface area (Å²) < 4.78 is 5.68. The van der Waals surface area contributed by atoms with Crippen molar-refractivity contribution in [2.24, 2.45) is 11.8 Å². The second-order valence-corrected chi connectivity index (χ2v) is 6.42. The van der Waals surface area contributed by atoms with Crippen molar-refractivity contribution >= 4 is 6.01 Å². The minimum Gasteiger partial charge on any atom is -0.408 e. The minimum atomic E-state index is 0.663. The fraction of sp³-hybridized carbons (Fsp3) is 0.867. The number of hydrogen-bond donors (Lipinski definition) is 0. The lowest BCUT2D eigenvalue weighted by molar-refractivity contribution is 0.287. The van der Waals surface area contributed by atoms with Crippen LogP contribution in [0.25, 0.3) is 0 Å². The molecule has 5 nitrogen and oxygen atoms in total. The molecule has 0 bridgehead atoms. The van der Waals surface area contributed by atoms with Crippen LogP contribution in [0.1, 0.15) is 39.5 Å². The van der Waals surface area contributed by atoms with Crippen molar-refractivity contribution in [2.75, 3.05) is 38.1 Å². The van der Waals surface area contributed by atoms with Crippen molar-refractivity contribution in [1.82, 2.24) is 15.1 Å². The van der Waals surface area contributed by atoms with Crippen molar-refractivity contribution < 1.29 is 4.42 Å². The first kappa shape index (κ1) is 15.3. The van der Waals surface area contributed by atoms with Crippen LogP contribution in [0.15, 0.2) is 4.42 Å². The normalized spacial score (nSPS) is 19.9. The van der Waals surface area contributed by atoms with Crippen molar-refractivity contribution in [3.63, 3.8) is 0 Å². The third-order valence-electron chi connectivity index (χ3n) is 3.77. The molecule has 0 aliphatic carbocycles. The van der Waals surface area contributed by atoms with Gasteiger partial charge in [-0.25, -0.2) is 0 Å². The third kappa shape index (κ3) is 4.20. The van der Waals surface area contributed by atoms with Gasteiger partial charge in [0.25, 0.3) is 0 Å². The average Bonchev–Trinajstić information content (AvgIpc) is 2.99. The van der Waals surface area contributed by atoms with Crippen LogP contribution in [0.4, 0.5) is 6.01 Å². The fourth-order valence-electron chi connectivity index (χ4n) is 2.92. The monoisotopic (exact) mass is 280 g/mol. The molecule has 0 unspecified atom stereocenters. The molecule has 1 aliphatic rings. The Morgan fingerprint density at radius 1 is 1.40 bits per heavy atom. The van der Waals surface area contributed by atoms with E-state index in [1.807, 2.05) is 7.05 Å². The van der Waals surface area contributed by atoms with E-state index in [0.29, 0.717) is 11.9 Å². The van der Waals surface area contributed by atoms with Crippen molar-refractivity contribution in [3.8, 4) is 0 Å². The second kappa shape index (κ2) is 7.07. The molecule has 5 heteroatoms. The van der Waals surface area contributed by atoms with Gasteiger partial charge in [-0.1, -0.05) is 25.9 Å². The highest BCUT2D eigenvalue weighted by molar-refractivity contribution is 5.22. The van der Waals surface area contributed by atoms with Crippen LogP contribution in [-0.2, 0) is 6.42 Å². The van der Waals surface area contributed by atoms with Crippen LogP contribution in [-0.4, -0.2) is 48.3 Å². The van der Waals surface area contributed by atoms with Crippen LogP contribution in [0.3, 0.4) is 0 Å². The predicted molar refractivity (Wildman–Crippen MR) is 80.9 cm³/mol. The molecule has 2 heterocycles. The molecule has 0 amide bonds. The first-order chi connectivity index (χ1) is 9.58. The maximum Gasteiger partial charge on any atom is 0.317 e. The molecular formula is C15H28N4O. The molecule has 114 valence electrons. The summed E-state index contributed by atoms with van der Waals surface area (Å²) >= 11 is 0. The molecule has 1 fully saturated rings. The molecule has 1 saturated heterocycles. The average molecular weight is 280 g/mol. The summed E-state index contributed by atoms with van der Waals surface area (Å²) in [5.41, 5.74) is 0. The number of rotatable bonds is 7. The Kier molecular flexibility index (Phi) is 5.40. The van der Waals surface area contributed by atoms with Gasteiger partial charge in [0, 0.05) is 33.1 Å². The standard InChI is InChI=1S/C15H28N4O/c1-5-6-14-16-17-15(20-14)18(4)10-13-7-8-19(11-13)9-12(2)3/h12-13H,5-11H2,1-4H3/t13-/m1/s1. The second-order valence-electron chi connectivity index (χ2n) is 6.42. The van der Waals surface area contributed by atoms with Gasteiger partial charge < -0.3 is 14.2 Å². The Hall–Kier alpha value is -1.10. The summed E-state index contributed by atoms with van der Waals surface area (Å²) in [7, 11) is 2.05. The molecule has 0 aromatic carbocycles. The highest BCUT2D eigenvalue weighted by atomic mass is 16.4. The quantitative estimate of drug-likeness (QED) is 0.767. The number of likely N-dealkylation sites (tertiary alicyclic amines) is 1. The summed E-state index contributed by atoms with van der Waals surface area (Å²) in [6.07, 6.45) is 3.18. The molecule has 0 saturated carbocycles. The molecule has 1 aromatic heterocycles. The number of hydrogen-bond acceptors (Lipinski definition) is 5. The van der Waals surface area contributed by atoms with E-state index in [-0.39, 0.29) is 0 Å². The van der Waals surface area contributed by atoms with Crippen LogP contribution >= 0.6 is 0 Å². The van der Waals surface area contributed by atoms with Gasteiger partial charge in [-0.05, 0) is 31.2 Å². The van der Waals surface area contributed by atoms with Gasteiger partial charge in [-0.2, -0.15) is 0 Å². The lowest BCUT2D eigenvalue weighted by Gasteiger charge is -2.21. The zero-order valence-corrected chi connectivity index (χ0v) is 13.3. The smallest absolute Gasteiger partial charge is 0.317 e. The Morgan fingerprint density at radius 2 is 2.20 bits per heavy atom. The Bertz CT molecular complexity index is 404. The fourth-order valence-corrected chi connectivity index (χ4v) is 2.92. The molecular weight excluding hydrogens is 252 g/mol. The minimum absolute atomic E-state index is 0.663. The lowest BCUT2D eigenvalue weighted by atomic mass is 10.1. The zero-order chi connectivity index (χ0) is 14.5. The van der Waals surface area contributed by atoms with Crippen molar-refractivity contribution in [1.29, 1.82) is 0 Å². The molecule has 20 heavy (non-hydrogen) atoms. The summed E-state index contributed by atoms with van der Waals surface area (Å²) in [4.78, 5) is 4.68. The Balaban J connectivity index is 1.81. The maximum absolute atomic E-state index is 5.68. The Morgan fingerprint density at radius 3 is 2.90 bits per heavy atom. The molecule has 1 aromatic rings. The number of nitrogens with zero attached hydrogens (tertiary/aromatic N) is 4. The highest BCUT2D eigenvalue weighted by Crippen LogP contribution is 2.20. The molecule has 0 radical (unpaired) electrons. The summed E-state index contributed by atoms with van der Waals surface area (Å²) in [5, 5.41) is 8.23. The zero-order valence-electron chi connectivity index (χ0n) is 13.3. The van der Waals surface area contributed by atoms with Gasteiger partial charge in [-0.3, -0.25) is 0 Å². The highest BCUT2D eigenvalue weighted by Gasteiger charge is 2.25. The van der Waals surface area contributed by atoms with E-state index in [0.717, 1.165) is 31.2 Å². The Labute approximate surface area is 122 Å². The van der Waals surface area contributed by atoms with Crippen LogP contribution < -0.4 is 4.90 Å². The van der Waals surface area contributed by atoms with E-state index in [4.69, 9.17) is 4.42 Å². The maximum atomic E-state index is 5.68. The summed E-state index contributed by atoms with van der Waals surface area (Å²) in [6.45, 7) is 11.3. The number of aryl methyl sites for hydroxylation is 1. The predicted octanol–water partition coefficient (Wildman–Crippen LogP) is 2.44. The van der Waals surface area contributed by atoms with Crippen LogP contribution in [0.5, 0.6) is 0 Å². The molecule has 1 atom stereocenters. The molecule has 0 spiro atoms. The first-order valence-electron chi connectivity index (χ1n) is 7.84. The third-order valence-corrected chi connectivity index (χ3v) is 3.77. The summed E-state index contributed by atoms with van der Waals surface area (Å²) in [5.74, 6) is 2.21. The SMILES string of the molecule is CCCc1nnc(N(C)C[C@H]2CCN(CC(C)C)C2)o1. The van der Waals surface area contributed by atoms with Crippen LogP contribution in [0, 0.1) is 11.8 Å². The molecule has 0 N–H and O–H groups in total. The van der Waals surface area contributed by atoms with E-state index >= 15 is 0 Å². The van der Waals surface area contributed by atoms with Crippen molar-refractivity contribution in [2.45, 2.75) is 40.0 Å². The van der Waals surface area contributed by atoms with Gasteiger partial charge in [-0.15, -0.1) is 5.10 Å². The first-order valence-corrected chi connectivity index (χ1v) is 7.84. The van der Waals surface area contributed by atoms with Gasteiger partial charge in [0.2, 0.25) is 5.89 Å². The summed E-state index contributed by atoms with van der Waals surface area (Å²) in [6, 6.07) is 0.663. The number of anilines is 1. The van der Waals surface area contributed by atoms with Gasteiger partial charge in [0.05, 0.1) is 0 Å². The van der Waals surface area contributed by atoms with E-state index in [9.17, 15) is 0 Å². The van der Waals surface area contributed by atoms with E-state index in [1.54, 1.807) is 0 Å². The van der Waals surface area contributed by atoms with Crippen LogP contribution in [0.2, 0.25) is 0 Å². The van der Waals surface area contributed by atoms with Gasteiger partial charge >= 0.3 is 6.01 Å². The largest absolute Gasteiger partial charge is 0.408 e. The molecule has 1 aliphatic heterocycles. The lowest BCUT2D eigenvalue weighted by Crippen LogP contribution is -2.29. The van der Waals surface area contributed by atoms with E-state index in [1.165, 1.54) is 26.1 Å². The van der Waals surface area contributed by atoms with Gasteiger partial charge in [0.15, 0.2) is 0 Å².